The number of ether oxygens (including phenoxy) is 5. The second-order valence-electron chi connectivity index (χ2n) is 7.87. The number of morpholine rings is 1. The minimum atomic E-state index is -0.541. The summed E-state index contributed by atoms with van der Waals surface area (Å²) < 4.78 is 43.2. The molecule has 5 rings (SSSR count). The van der Waals surface area contributed by atoms with Gasteiger partial charge in [0, 0.05) is 38.0 Å². The quantitative estimate of drug-likeness (QED) is 0.427. The first-order valence-electron chi connectivity index (χ1n) is 11.1. The van der Waals surface area contributed by atoms with E-state index in [9.17, 15) is 4.39 Å². The lowest BCUT2D eigenvalue weighted by Gasteiger charge is -2.26. The van der Waals surface area contributed by atoms with E-state index in [-0.39, 0.29) is 5.69 Å². The molecule has 0 atom stereocenters. The lowest BCUT2D eigenvalue weighted by Crippen LogP contribution is -2.37. The number of anilines is 1. The first kappa shape index (κ1) is 21.5. The van der Waals surface area contributed by atoms with Gasteiger partial charge in [-0.2, -0.15) is 0 Å². The van der Waals surface area contributed by atoms with E-state index < -0.39 is 5.82 Å². The van der Waals surface area contributed by atoms with Gasteiger partial charge in [-0.3, -0.25) is 9.88 Å². The molecule has 0 bridgehead atoms. The van der Waals surface area contributed by atoms with Gasteiger partial charge in [0.2, 0.25) is 5.75 Å². The molecule has 0 saturated carbocycles. The highest BCUT2D eigenvalue weighted by Gasteiger charge is 2.25. The van der Waals surface area contributed by atoms with Crippen molar-refractivity contribution in [2.45, 2.75) is 6.42 Å². The van der Waals surface area contributed by atoms with Crippen LogP contribution in [0, 0.1) is 5.82 Å². The Morgan fingerprint density at radius 1 is 1.00 bits per heavy atom. The van der Waals surface area contributed by atoms with Crippen molar-refractivity contribution in [1.29, 1.82) is 0 Å². The second-order valence-corrected chi connectivity index (χ2v) is 7.87. The lowest BCUT2D eigenvalue weighted by atomic mass is 10.1. The third kappa shape index (κ3) is 4.74. The van der Waals surface area contributed by atoms with Gasteiger partial charge >= 0.3 is 0 Å². The van der Waals surface area contributed by atoms with Gasteiger partial charge in [-0.1, -0.05) is 0 Å². The Labute approximate surface area is 190 Å². The van der Waals surface area contributed by atoms with E-state index in [0.717, 1.165) is 39.3 Å². The van der Waals surface area contributed by atoms with Crippen LogP contribution < -0.4 is 24.7 Å². The van der Waals surface area contributed by atoms with Crippen LogP contribution in [0.15, 0.2) is 36.5 Å². The SMILES string of the molecule is Nc1ccc(Oc2ccnc3cc(OCCCN4CCOCC4)c4c(c23)OCCO4)cc1F. The van der Waals surface area contributed by atoms with E-state index in [1.165, 1.54) is 12.1 Å². The number of rotatable bonds is 7. The Morgan fingerprint density at radius 3 is 2.64 bits per heavy atom. The predicted molar refractivity (Wildman–Crippen MR) is 121 cm³/mol. The van der Waals surface area contributed by atoms with Crippen LogP contribution >= 0.6 is 0 Å². The van der Waals surface area contributed by atoms with Crippen molar-refractivity contribution in [3.8, 4) is 28.7 Å². The summed E-state index contributed by atoms with van der Waals surface area (Å²) in [7, 11) is 0. The Kier molecular flexibility index (Phi) is 6.32. The normalized spacial score (nSPS) is 16.0. The number of halogens is 1. The van der Waals surface area contributed by atoms with E-state index in [0.29, 0.717) is 59.5 Å². The first-order chi connectivity index (χ1) is 16.2. The van der Waals surface area contributed by atoms with Gasteiger partial charge in [0.15, 0.2) is 11.5 Å². The fourth-order valence-corrected chi connectivity index (χ4v) is 3.96. The molecule has 33 heavy (non-hydrogen) atoms. The minimum absolute atomic E-state index is 0.0615. The third-order valence-electron chi connectivity index (χ3n) is 5.62. The van der Waals surface area contributed by atoms with Crippen molar-refractivity contribution < 1.29 is 28.1 Å². The molecule has 1 fully saturated rings. The number of nitrogen functional groups attached to an aromatic ring is 1. The summed E-state index contributed by atoms with van der Waals surface area (Å²) in [5.41, 5.74) is 6.27. The molecule has 0 spiro atoms. The fourth-order valence-electron chi connectivity index (χ4n) is 3.96. The molecule has 3 heterocycles. The van der Waals surface area contributed by atoms with Crippen LogP contribution in [0.5, 0.6) is 28.7 Å². The average Bonchev–Trinajstić information content (AvgIpc) is 2.85. The van der Waals surface area contributed by atoms with Crippen LogP contribution in [-0.4, -0.2) is 62.6 Å². The van der Waals surface area contributed by atoms with E-state index in [1.54, 1.807) is 18.3 Å². The van der Waals surface area contributed by atoms with Crippen molar-refractivity contribution in [2.24, 2.45) is 0 Å². The summed E-state index contributed by atoms with van der Waals surface area (Å²) in [6.45, 7) is 5.77. The Hall–Kier alpha value is -3.30. The van der Waals surface area contributed by atoms with Crippen LogP contribution in [0.3, 0.4) is 0 Å². The zero-order valence-electron chi connectivity index (χ0n) is 18.2. The molecular formula is C24H26FN3O5. The average molecular weight is 455 g/mol. The zero-order chi connectivity index (χ0) is 22.6. The van der Waals surface area contributed by atoms with Gasteiger partial charge in [-0.05, 0) is 24.6 Å². The number of benzene rings is 2. The largest absolute Gasteiger partial charge is 0.489 e. The number of nitrogens with zero attached hydrogens (tertiary/aromatic N) is 2. The summed E-state index contributed by atoms with van der Waals surface area (Å²) >= 11 is 0. The summed E-state index contributed by atoms with van der Waals surface area (Å²) in [6.07, 6.45) is 2.51. The van der Waals surface area contributed by atoms with Crippen LogP contribution in [0.4, 0.5) is 10.1 Å². The number of nitrogens with two attached hydrogens (primary N) is 1. The molecule has 2 aliphatic rings. The molecule has 2 aliphatic heterocycles. The van der Waals surface area contributed by atoms with E-state index in [4.69, 9.17) is 29.4 Å². The second kappa shape index (κ2) is 9.68. The molecule has 0 radical (unpaired) electrons. The monoisotopic (exact) mass is 455 g/mol. The van der Waals surface area contributed by atoms with Crippen LogP contribution in [0.25, 0.3) is 10.9 Å². The van der Waals surface area contributed by atoms with Gasteiger partial charge in [0.1, 0.15) is 30.5 Å². The molecular weight excluding hydrogens is 429 g/mol. The first-order valence-corrected chi connectivity index (χ1v) is 11.1. The Morgan fingerprint density at radius 2 is 1.82 bits per heavy atom. The lowest BCUT2D eigenvalue weighted by molar-refractivity contribution is 0.0357. The highest BCUT2D eigenvalue weighted by atomic mass is 19.1. The molecule has 2 N–H and O–H groups in total. The van der Waals surface area contributed by atoms with Gasteiger partial charge in [0.05, 0.1) is 36.4 Å². The molecule has 1 aromatic heterocycles. The van der Waals surface area contributed by atoms with Crippen molar-refractivity contribution in [3.63, 3.8) is 0 Å². The molecule has 0 aliphatic carbocycles. The number of hydrogen-bond donors (Lipinski definition) is 1. The van der Waals surface area contributed by atoms with Crippen molar-refractivity contribution >= 4 is 16.6 Å². The van der Waals surface area contributed by atoms with Crippen LogP contribution in [0.1, 0.15) is 6.42 Å². The summed E-state index contributed by atoms with van der Waals surface area (Å²) in [4.78, 5) is 6.84. The van der Waals surface area contributed by atoms with Crippen LogP contribution in [0.2, 0.25) is 0 Å². The van der Waals surface area contributed by atoms with Crippen molar-refractivity contribution in [3.05, 3.63) is 42.3 Å². The number of fused-ring (bicyclic) bond motifs is 3. The highest BCUT2D eigenvalue weighted by Crippen LogP contribution is 2.48. The van der Waals surface area contributed by atoms with E-state index in [1.807, 2.05) is 6.07 Å². The maximum absolute atomic E-state index is 13.9. The van der Waals surface area contributed by atoms with Gasteiger partial charge in [0.25, 0.3) is 0 Å². The number of hydrogen-bond acceptors (Lipinski definition) is 8. The fraction of sp³-hybridized carbons (Fsp3) is 0.375. The molecule has 0 unspecified atom stereocenters. The molecule has 3 aromatic rings. The Balaban J connectivity index is 1.39. The number of pyridine rings is 1. The molecule has 8 nitrogen and oxygen atoms in total. The molecule has 2 aromatic carbocycles. The maximum Gasteiger partial charge on any atom is 0.204 e. The number of aromatic nitrogens is 1. The minimum Gasteiger partial charge on any atom is -0.489 e. The third-order valence-corrected chi connectivity index (χ3v) is 5.62. The van der Waals surface area contributed by atoms with E-state index in [2.05, 4.69) is 9.88 Å². The zero-order valence-corrected chi connectivity index (χ0v) is 18.2. The van der Waals surface area contributed by atoms with Crippen molar-refractivity contribution in [1.82, 2.24) is 9.88 Å². The smallest absolute Gasteiger partial charge is 0.204 e. The molecule has 9 heteroatoms. The standard InChI is InChI=1S/C24H26FN3O5/c25-17-14-16(2-3-18(17)26)33-20-4-5-27-19-15-21(23-24(22(19)20)32-13-12-31-23)30-9-1-6-28-7-10-29-11-8-28/h2-5,14-15H,1,6-13,26H2. The predicted octanol–water partition coefficient (Wildman–Crippen LogP) is 3.62. The summed E-state index contributed by atoms with van der Waals surface area (Å²) in [5, 5.41) is 0.644. The Bertz CT molecular complexity index is 1140. The van der Waals surface area contributed by atoms with Gasteiger partial charge in [-0.15, -0.1) is 0 Å². The maximum atomic E-state index is 13.9. The van der Waals surface area contributed by atoms with Crippen molar-refractivity contribution in [2.75, 3.05) is 58.4 Å². The molecule has 0 amide bonds. The van der Waals surface area contributed by atoms with Crippen LogP contribution in [-0.2, 0) is 4.74 Å². The summed E-state index contributed by atoms with van der Waals surface area (Å²) in [6, 6.07) is 7.86. The van der Waals surface area contributed by atoms with Gasteiger partial charge < -0.3 is 29.4 Å². The molecule has 174 valence electrons. The molecule has 1 saturated heterocycles. The topological polar surface area (TPSA) is 88.3 Å². The highest BCUT2D eigenvalue weighted by molar-refractivity contribution is 5.95. The summed E-state index contributed by atoms with van der Waals surface area (Å²) in [5.74, 6) is 1.89. The van der Waals surface area contributed by atoms with Gasteiger partial charge in [-0.25, -0.2) is 4.39 Å². The van der Waals surface area contributed by atoms with E-state index >= 15 is 0 Å².